The Labute approximate surface area is 103 Å². The fourth-order valence-electron chi connectivity index (χ4n) is 2.30. The predicted molar refractivity (Wildman–Crippen MR) is 55.6 cm³/mol. The number of hydrogen-bond acceptors (Lipinski definition) is 1. The molecule has 0 radical (unpaired) electrons. The molecular formula is C12H19BrN2. The Morgan fingerprint density at radius 2 is 1.73 bits per heavy atom. The highest BCUT2D eigenvalue weighted by molar-refractivity contribution is 4.66. The van der Waals surface area contributed by atoms with Crippen molar-refractivity contribution in [2.75, 3.05) is 0 Å². The highest BCUT2D eigenvalue weighted by atomic mass is 79.9. The second-order valence-corrected chi connectivity index (χ2v) is 4.28. The third-order valence-electron chi connectivity index (χ3n) is 3.21. The molecule has 3 heteroatoms. The molecule has 0 atom stereocenters. The van der Waals surface area contributed by atoms with E-state index in [4.69, 9.17) is 0 Å². The average Bonchev–Trinajstić information content (AvgIpc) is 2.29. The normalized spacial score (nSPS) is 17.1. The number of rotatable bonds is 3. The first-order chi connectivity index (χ1) is 6.95. The van der Waals surface area contributed by atoms with Crippen molar-refractivity contribution in [3.63, 3.8) is 0 Å². The van der Waals surface area contributed by atoms with Gasteiger partial charge in [-0.25, -0.2) is 4.57 Å². The first-order valence-electron chi connectivity index (χ1n) is 5.74. The Balaban J connectivity index is 0.00000112. The van der Waals surface area contributed by atoms with Gasteiger partial charge in [-0.1, -0.05) is 32.1 Å². The van der Waals surface area contributed by atoms with Crippen molar-refractivity contribution >= 4 is 0 Å². The van der Waals surface area contributed by atoms with Crippen LogP contribution in [0.5, 0.6) is 0 Å². The van der Waals surface area contributed by atoms with Crippen LogP contribution in [-0.2, 0) is 6.54 Å². The number of hydrogen-bond donors (Lipinski definition) is 0. The van der Waals surface area contributed by atoms with E-state index in [-0.39, 0.29) is 17.0 Å². The summed E-state index contributed by atoms with van der Waals surface area (Å²) in [4.78, 5) is 4.02. The molecule has 0 spiro atoms. The number of nitrogens with zero attached hydrogens (tertiary/aromatic N) is 2. The van der Waals surface area contributed by atoms with Crippen molar-refractivity contribution in [3.8, 4) is 0 Å². The molecule has 2 rings (SSSR count). The molecule has 1 aliphatic carbocycles. The third kappa shape index (κ3) is 4.29. The summed E-state index contributed by atoms with van der Waals surface area (Å²) in [5.41, 5.74) is 0. The Kier molecular flexibility index (Phi) is 5.84. The zero-order valence-electron chi connectivity index (χ0n) is 9.11. The zero-order valence-corrected chi connectivity index (χ0v) is 10.7. The van der Waals surface area contributed by atoms with E-state index in [1.807, 2.05) is 12.4 Å². The molecular weight excluding hydrogens is 252 g/mol. The van der Waals surface area contributed by atoms with Crippen LogP contribution in [-0.4, -0.2) is 4.98 Å². The van der Waals surface area contributed by atoms with Gasteiger partial charge in [-0.05, 0) is 5.92 Å². The smallest absolute Gasteiger partial charge is 0.187 e. The fraction of sp³-hybridized carbons (Fsp3) is 0.667. The van der Waals surface area contributed by atoms with Crippen molar-refractivity contribution in [2.45, 2.75) is 45.1 Å². The van der Waals surface area contributed by atoms with Crippen molar-refractivity contribution in [2.24, 2.45) is 5.92 Å². The summed E-state index contributed by atoms with van der Waals surface area (Å²) in [6, 6.07) is 0. The van der Waals surface area contributed by atoms with Gasteiger partial charge in [0.05, 0.1) is 12.4 Å². The Bertz CT molecular complexity index is 258. The summed E-state index contributed by atoms with van der Waals surface area (Å²) in [5.74, 6) is 0.976. The predicted octanol–water partition coefficient (Wildman–Crippen LogP) is -0.656. The molecule has 0 amide bonds. The van der Waals surface area contributed by atoms with Crippen molar-refractivity contribution in [3.05, 3.63) is 24.8 Å². The van der Waals surface area contributed by atoms with Crippen LogP contribution in [0.25, 0.3) is 0 Å². The fourth-order valence-corrected chi connectivity index (χ4v) is 2.30. The molecule has 84 valence electrons. The molecule has 0 N–H and O–H groups in total. The minimum Gasteiger partial charge on any atom is -1.00 e. The summed E-state index contributed by atoms with van der Waals surface area (Å²) >= 11 is 0. The zero-order chi connectivity index (χ0) is 9.64. The summed E-state index contributed by atoms with van der Waals surface area (Å²) in [6.07, 6.45) is 16.4. The summed E-state index contributed by atoms with van der Waals surface area (Å²) in [5, 5.41) is 0. The van der Waals surface area contributed by atoms with E-state index in [1.54, 1.807) is 0 Å². The van der Waals surface area contributed by atoms with E-state index in [2.05, 4.69) is 21.9 Å². The van der Waals surface area contributed by atoms with Gasteiger partial charge in [-0.3, -0.25) is 4.98 Å². The molecule has 1 aromatic rings. The quantitative estimate of drug-likeness (QED) is 0.667. The Morgan fingerprint density at radius 1 is 1.07 bits per heavy atom. The lowest BCUT2D eigenvalue weighted by Gasteiger charge is -2.19. The maximum absolute atomic E-state index is 4.02. The number of aryl methyl sites for hydroxylation is 1. The van der Waals surface area contributed by atoms with E-state index < -0.39 is 0 Å². The van der Waals surface area contributed by atoms with Crippen LogP contribution in [0.15, 0.2) is 24.8 Å². The summed E-state index contributed by atoms with van der Waals surface area (Å²) < 4.78 is 2.24. The largest absolute Gasteiger partial charge is 1.00 e. The van der Waals surface area contributed by atoms with Crippen LogP contribution < -0.4 is 21.5 Å². The van der Waals surface area contributed by atoms with Gasteiger partial charge in [0.15, 0.2) is 12.4 Å². The van der Waals surface area contributed by atoms with Crippen LogP contribution in [0.3, 0.4) is 0 Å². The molecule has 0 bridgehead atoms. The van der Waals surface area contributed by atoms with Gasteiger partial charge in [0, 0.05) is 6.42 Å². The molecule has 0 aromatic carbocycles. The summed E-state index contributed by atoms with van der Waals surface area (Å²) in [6.45, 7) is 1.16. The summed E-state index contributed by atoms with van der Waals surface area (Å²) in [7, 11) is 0. The molecule has 1 aliphatic rings. The van der Waals surface area contributed by atoms with Crippen LogP contribution in [0.1, 0.15) is 38.5 Å². The maximum atomic E-state index is 4.02. The maximum Gasteiger partial charge on any atom is 0.187 e. The minimum absolute atomic E-state index is 0. The van der Waals surface area contributed by atoms with Crippen molar-refractivity contribution in [1.82, 2.24) is 4.98 Å². The second-order valence-electron chi connectivity index (χ2n) is 4.28. The first-order valence-corrected chi connectivity index (χ1v) is 5.74. The number of halogens is 1. The molecule has 1 heterocycles. The monoisotopic (exact) mass is 270 g/mol. The topological polar surface area (TPSA) is 16.8 Å². The van der Waals surface area contributed by atoms with E-state index in [0.29, 0.717) is 0 Å². The molecule has 15 heavy (non-hydrogen) atoms. The van der Waals surface area contributed by atoms with Crippen LogP contribution in [0.2, 0.25) is 0 Å². The van der Waals surface area contributed by atoms with Gasteiger partial charge < -0.3 is 17.0 Å². The van der Waals surface area contributed by atoms with Gasteiger partial charge in [0.1, 0.15) is 6.54 Å². The molecule has 1 aromatic heterocycles. The SMILES string of the molecule is [Br-].c1c[n+](CCC2CCCCC2)ccn1. The average molecular weight is 271 g/mol. The van der Waals surface area contributed by atoms with Crippen molar-refractivity contribution in [1.29, 1.82) is 0 Å². The second kappa shape index (κ2) is 6.94. The van der Waals surface area contributed by atoms with Gasteiger partial charge in [0.2, 0.25) is 0 Å². The Hall–Kier alpha value is -0.440. The molecule has 0 saturated heterocycles. The van der Waals surface area contributed by atoms with Crippen molar-refractivity contribution < 1.29 is 21.5 Å². The van der Waals surface area contributed by atoms with E-state index in [0.717, 1.165) is 12.5 Å². The standard InChI is InChI=1S/C12H19N2.BrH/c1-2-4-12(5-3-1)6-9-14-10-7-13-8-11-14;/h7-8,10-12H,1-6,9H2;1H/q+1;/p-1. The Morgan fingerprint density at radius 3 is 2.40 bits per heavy atom. The highest BCUT2D eigenvalue weighted by Gasteiger charge is 2.14. The molecule has 0 unspecified atom stereocenters. The van der Waals surface area contributed by atoms with Gasteiger partial charge >= 0.3 is 0 Å². The van der Waals surface area contributed by atoms with E-state index in [9.17, 15) is 0 Å². The van der Waals surface area contributed by atoms with Gasteiger partial charge in [-0.2, -0.15) is 0 Å². The van der Waals surface area contributed by atoms with Gasteiger partial charge in [-0.15, -0.1) is 0 Å². The van der Waals surface area contributed by atoms with Crippen LogP contribution in [0, 0.1) is 5.92 Å². The lowest BCUT2D eigenvalue weighted by molar-refractivity contribution is -0.698. The third-order valence-corrected chi connectivity index (χ3v) is 3.21. The first kappa shape index (κ1) is 12.6. The van der Waals surface area contributed by atoms with Crippen LogP contribution in [0.4, 0.5) is 0 Å². The molecule has 0 aliphatic heterocycles. The van der Waals surface area contributed by atoms with Gasteiger partial charge in [0.25, 0.3) is 0 Å². The van der Waals surface area contributed by atoms with Crippen LogP contribution >= 0.6 is 0 Å². The molecule has 2 nitrogen and oxygen atoms in total. The minimum atomic E-state index is 0. The highest BCUT2D eigenvalue weighted by Crippen LogP contribution is 2.25. The van der Waals surface area contributed by atoms with E-state index >= 15 is 0 Å². The number of aromatic nitrogens is 2. The van der Waals surface area contributed by atoms with E-state index in [1.165, 1.54) is 38.5 Å². The molecule has 1 saturated carbocycles. The lowest BCUT2D eigenvalue weighted by atomic mass is 9.87. The molecule has 1 fully saturated rings. The lowest BCUT2D eigenvalue weighted by Crippen LogP contribution is -3.00.